The predicted octanol–water partition coefficient (Wildman–Crippen LogP) is 5.28. The number of fused-ring (bicyclic) bond motifs is 4. The van der Waals surface area contributed by atoms with Crippen molar-refractivity contribution in [1.82, 2.24) is 5.32 Å². The molecule has 0 aromatic rings. The molecule has 0 aromatic carbocycles. The molecule has 10 rings (SSSR count). The van der Waals surface area contributed by atoms with Crippen LogP contribution in [0.5, 0.6) is 0 Å². The zero-order valence-corrected chi connectivity index (χ0v) is 30.1. The molecule has 2 spiro atoms. The predicted molar refractivity (Wildman–Crippen MR) is 168 cm³/mol. The van der Waals surface area contributed by atoms with Crippen LogP contribution in [0.15, 0.2) is 0 Å². The van der Waals surface area contributed by atoms with Gasteiger partial charge in [-0.1, -0.05) is 27.7 Å². The number of carbonyl (C=O) groups is 1. The van der Waals surface area contributed by atoms with Gasteiger partial charge in [-0.05, 0) is 83.0 Å². The van der Waals surface area contributed by atoms with Gasteiger partial charge in [0.2, 0.25) is 23.3 Å². The first kappa shape index (κ1) is 35.1. The largest absolute Gasteiger partial charge is 0.352 e. The highest BCUT2D eigenvalue weighted by molar-refractivity contribution is 5.77. The van der Waals surface area contributed by atoms with Gasteiger partial charge in [-0.3, -0.25) is 4.79 Å². The van der Waals surface area contributed by atoms with E-state index in [4.69, 9.17) is 48.0 Å². The molecule has 49 heavy (non-hydrogen) atoms. The second-order valence-corrected chi connectivity index (χ2v) is 17.1. The van der Waals surface area contributed by atoms with E-state index in [9.17, 15) is 4.79 Å². The summed E-state index contributed by atoms with van der Waals surface area (Å²) in [7, 11) is 0. The standard InChI is InChI=1S/C36H56FNO11/c1-20-8-10-26-22(3)33(7,44-29-35(26)24(20)12-14-31(5,42-29)46-48-35)41-18-28(39)38-16-17-40-34(19-37)23(4)27-11-9-21(2)25-13-15-32(6)43-30(45-34)36(25,27)49-47-32/h20-27,29-30H,8-19H2,1-7H3,(H,38,39)/t20-,21-,22-,23-,24+,25+,26+,27+,29+,30+,31+,32+,33+,34+,35-,36-/m1/s1. The third-order valence-electron chi connectivity index (χ3n) is 14.4. The maximum absolute atomic E-state index is 15.1. The number of rotatable bonds is 8. The average molecular weight is 698 g/mol. The van der Waals surface area contributed by atoms with E-state index in [-0.39, 0.29) is 61.2 Å². The smallest absolute Gasteiger partial charge is 0.246 e. The Hall–Kier alpha value is -1.00. The van der Waals surface area contributed by atoms with Crippen LogP contribution in [0.1, 0.15) is 99.8 Å². The number of nitrogens with one attached hydrogen (secondary N) is 1. The van der Waals surface area contributed by atoms with Gasteiger partial charge in [0.05, 0.1) is 6.61 Å². The van der Waals surface area contributed by atoms with Crippen LogP contribution < -0.4 is 5.32 Å². The Balaban J connectivity index is 0.894. The van der Waals surface area contributed by atoms with E-state index in [0.717, 1.165) is 44.9 Å². The molecule has 2 saturated carbocycles. The number of alkyl halides is 1. The summed E-state index contributed by atoms with van der Waals surface area (Å²) < 4.78 is 53.5. The highest BCUT2D eigenvalue weighted by atomic mass is 19.1. The van der Waals surface area contributed by atoms with Crippen LogP contribution in [0.25, 0.3) is 0 Å². The van der Waals surface area contributed by atoms with Gasteiger partial charge in [0, 0.05) is 43.1 Å². The van der Waals surface area contributed by atoms with E-state index < -0.39 is 53.6 Å². The van der Waals surface area contributed by atoms with Crippen molar-refractivity contribution in [1.29, 1.82) is 0 Å². The summed E-state index contributed by atoms with van der Waals surface area (Å²) in [5.74, 6) is -4.02. The highest BCUT2D eigenvalue weighted by Gasteiger charge is 2.73. The fourth-order valence-electron chi connectivity index (χ4n) is 11.2. The van der Waals surface area contributed by atoms with E-state index in [1.165, 1.54) is 0 Å². The van der Waals surface area contributed by atoms with Crippen LogP contribution in [0.2, 0.25) is 0 Å². The van der Waals surface area contributed by atoms with Gasteiger partial charge < -0.3 is 33.7 Å². The van der Waals surface area contributed by atoms with Crippen molar-refractivity contribution in [3.05, 3.63) is 0 Å². The normalized spacial score (nSPS) is 55.9. The molecule has 10 fully saturated rings. The maximum atomic E-state index is 15.1. The quantitative estimate of drug-likeness (QED) is 0.264. The summed E-state index contributed by atoms with van der Waals surface area (Å²) in [5.41, 5.74) is -1.53. The van der Waals surface area contributed by atoms with Gasteiger partial charge >= 0.3 is 0 Å². The second-order valence-electron chi connectivity index (χ2n) is 17.1. The number of hydrogen-bond acceptors (Lipinski definition) is 11. The molecule has 10 aliphatic rings. The first-order chi connectivity index (χ1) is 23.2. The van der Waals surface area contributed by atoms with E-state index in [1.807, 2.05) is 27.7 Å². The molecule has 4 bridgehead atoms. The molecule has 8 aliphatic heterocycles. The van der Waals surface area contributed by atoms with Crippen molar-refractivity contribution in [2.24, 2.45) is 47.3 Å². The molecule has 16 atom stereocenters. The zero-order chi connectivity index (χ0) is 34.6. The van der Waals surface area contributed by atoms with E-state index in [2.05, 4.69) is 26.1 Å². The summed E-state index contributed by atoms with van der Waals surface area (Å²) in [5, 5.41) is 2.87. The zero-order valence-electron chi connectivity index (χ0n) is 30.1. The lowest BCUT2D eigenvalue weighted by atomic mass is 9.57. The second kappa shape index (κ2) is 12.0. The van der Waals surface area contributed by atoms with Gasteiger partial charge in [-0.15, -0.1) is 0 Å². The summed E-state index contributed by atoms with van der Waals surface area (Å²) in [6, 6.07) is 0. The van der Waals surface area contributed by atoms with Crippen LogP contribution in [-0.2, 0) is 52.8 Å². The molecule has 8 saturated heterocycles. The molecule has 0 aromatic heterocycles. The number of halogens is 1. The number of amides is 1. The van der Waals surface area contributed by atoms with Crippen molar-refractivity contribution in [2.75, 3.05) is 26.4 Å². The Labute approximate surface area is 288 Å². The Morgan fingerprint density at radius 2 is 1.24 bits per heavy atom. The lowest BCUT2D eigenvalue weighted by Gasteiger charge is -2.62. The third kappa shape index (κ3) is 5.15. The molecule has 2 aliphatic carbocycles. The van der Waals surface area contributed by atoms with Crippen LogP contribution >= 0.6 is 0 Å². The van der Waals surface area contributed by atoms with Crippen LogP contribution in [0.3, 0.4) is 0 Å². The lowest BCUT2D eigenvalue weighted by Crippen LogP contribution is -2.74. The van der Waals surface area contributed by atoms with Gasteiger partial charge in [-0.2, -0.15) is 0 Å². The van der Waals surface area contributed by atoms with Crippen LogP contribution in [0.4, 0.5) is 4.39 Å². The Morgan fingerprint density at radius 3 is 1.82 bits per heavy atom. The molecule has 278 valence electrons. The molecule has 8 heterocycles. The van der Waals surface area contributed by atoms with Crippen molar-refractivity contribution < 1.29 is 57.2 Å². The molecule has 1 N–H and O–H groups in total. The van der Waals surface area contributed by atoms with E-state index in [0.29, 0.717) is 18.3 Å². The fourth-order valence-corrected chi connectivity index (χ4v) is 11.2. The Bertz CT molecular complexity index is 1300. The van der Waals surface area contributed by atoms with Crippen LogP contribution in [-0.4, -0.2) is 79.3 Å². The number of hydrogen-bond donors (Lipinski definition) is 1. The minimum atomic E-state index is -1.54. The Kier molecular flexibility index (Phi) is 8.59. The third-order valence-corrected chi connectivity index (χ3v) is 14.4. The van der Waals surface area contributed by atoms with Crippen molar-refractivity contribution >= 4 is 5.91 Å². The molecular formula is C36H56FNO11. The Morgan fingerprint density at radius 1 is 0.694 bits per heavy atom. The molecular weight excluding hydrogens is 641 g/mol. The molecule has 0 radical (unpaired) electrons. The first-order valence-electron chi connectivity index (χ1n) is 18.8. The summed E-state index contributed by atoms with van der Waals surface area (Å²) >= 11 is 0. The first-order valence-corrected chi connectivity index (χ1v) is 18.8. The molecule has 12 nitrogen and oxygen atoms in total. The van der Waals surface area contributed by atoms with Gasteiger partial charge in [0.25, 0.3) is 0 Å². The van der Waals surface area contributed by atoms with Crippen molar-refractivity contribution in [3.63, 3.8) is 0 Å². The molecule has 0 unspecified atom stereocenters. The molecule has 1 amide bonds. The van der Waals surface area contributed by atoms with E-state index in [1.54, 1.807) is 0 Å². The fraction of sp³-hybridized carbons (Fsp3) is 0.972. The van der Waals surface area contributed by atoms with Gasteiger partial charge in [0.1, 0.15) is 13.3 Å². The molecule has 13 heteroatoms. The summed E-state index contributed by atoms with van der Waals surface area (Å²) in [4.78, 5) is 37.4. The minimum absolute atomic E-state index is 0.0427. The number of ether oxygens (including phenoxy) is 6. The van der Waals surface area contributed by atoms with Crippen molar-refractivity contribution in [2.45, 2.75) is 147 Å². The maximum Gasteiger partial charge on any atom is 0.246 e. The van der Waals surface area contributed by atoms with E-state index >= 15 is 4.39 Å². The lowest BCUT2D eigenvalue weighted by molar-refractivity contribution is -0.587. The van der Waals surface area contributed by atoms with Crippen molar-refractivity contribution in [3.8, 4) is 0 Å². The summed E-state index contributed by atoms with van der Waals surface area (Å²) in [6.07, 6.45) is 5.54. The topological polar surface area (TPSA) is 121 Å². The van der Waals surface area contributed by atoms with Gasteiger partial charge in [0.15, 0.2) is 29.6 Å². The number of carbonyl (C=O) groups excluding carboxylic acids is 1. The van der Waals surface area contributed by atoms with Gasteiger partial charge in [-0.25, -0.2) is 23.9 Å². The monoisotopic (exact) mass is 697 g/mol. The highest BCUT2D eigenvalue weighted by Crippen LogP contribution is 2.64. The van der Waals surface area contributed by atoms with Crippen LogP contribution in [0, 0.1) is 47.3 Å². The summed E-state index contributed by atoms with van der Waals surface area (Å²) in [6.45, 7) is 13.3. The SMILES string of the molecule is C[C@@H]1CC[C@H]2[C@@H](C)[C@@](C)(OCC(=O)NCCO[C@@]3(CF)O[C@@H]4O[C@]5(C)CC[C@H]6[C@H](C)CC[C@@H]([C@H]3C)[C@@]46OO5)O[C@@H]3O[C@]4(C)CC[C@@H]1[C@]32OO4. The average Bonchev–Trinajstić information content (AvgIpc) is 3.44. The minimum Gasteiger partial charge on any atom is -0.352 e.